The number of fused-ring (bicyclic) bond motifs is 1. The van der Waals surface area contributed by atoms with Gasteiger partial charge in [0.25, 0.3) is 0 Å². The van der Waals surface area contributed by atoms with E-state index in [9.17, 15) is 17.6 Å². The van der Waals surface area contributed by atoms with E-state index in [1.165, 1.54) is 23.1 Å². The van der Waals surface area contributed by atoms with Crippen molar-refractivity contribution >= 4 is 26.8 Å². The number of hydrogen-bond donors (Lipinski definition) is 3. The van der Waals surface area contributed by atoms with Crippen molar-refractivity contribution in [3.63, 3.8) is 0 Å². The Morgan fingerprint density at radius 2 is 1.85 bits per heavy atom. The topological polar surface area (TPSA) is 94.3 Å². The summed E-state index contributed by atoms with van der Waals surface area (Å²) in [6, 6.07) is 12.4. The predicted molar refractivity (Wildman–Crippen MR) is 126 cm³/mol. The van der Waals surface area contributed by atoms with Crippen molar-refractivity contribution in [2.45, 2.75) is 43.2 Å². The highest BCUT2D eigenvalue weighted by Crippen LogP contribution is 2.19. The number of nitrogens with zero attached hydrogens (tertiary/aromatic N) is 1. The molecule has 0 spiro atoms. The Balaban J connectivity index is 1.23. The van der Waals surface area contributed by atoms with Crippen molar-refractivity contribution in [3.8, 4) is 0 Å². The van der Waals surface area contributed by atoms with Crippen molar-refractivity contribution < 1.29 is 17.6 Å². The quantitative estimate of drug-likeness (QED) is 0.470. The van der Waals surface area contributed by atoms with E-state index in [0.29, 0.717) is 32.5 Å². The zero-order valence-corrected chi connectivity index (χ0v) is 19.4. The zero-order chi connectivity index (χ0) is 23.4. The molecule has 0 radical (unpaired) electrons. The standard InChI is InChI=1S/C24H29FN4O3S/c1-17(24(30)26-13-10-18-16-27-23-5-3-2-4-22(18)23)29-14-11-20(12-15-29)28-33(31,32)21-8-6-19(25)7-9-21/h2-9,16-17,20,27-28H,10-15H2,1H3,(H,26,30). The van der Waals surface area contributed by atoms with Crippen LogP contribution in [-0.2, 0) is 21.2 Å². The van der Waals surface area contributed by atoms with Crippen LogP contribution >= 0.6 is 0 Å². The van der Waals surface area contributed by atoms with Crippen LogP contribution in [-0.4, -0.2) is 55.9 Å². The number of likely N-dealkylation sites (tertiary alicyclic amines) is 1. The number of halogens is 1. The molecule has 3 aromatic rings. The normalized spacial score (nSPS) is 16.7. The SMILES string of the molecule is CC(C(=O)NCCc1c[nH]c2ccccc12)N1CCC(NS(=O)(=O)c2ccc(F)cc2)CC1. The number of aromatic nitrogens is 1. The molecule has 0 saturated carbocycles. The number of carbonyl (C=O) groups excluding carboxylic acids is 1. The van der Waals surface area contributed by atoms with Gasteiger partial charge in [0, 0.05) is 42.8 Å². The fourth-order valence-electron chi connectivity index (χ4n) is 4.28. The molecule has 9 heteroatoms. The smallest absolute Gasteiger partial charge is 0.240 e. The highest BCUT2D eigenvalue weighted by Gasteiger charge is 2.29. The summed E-state index contributed by atoms with van der Waals surface area (Å²) in [5.74, 6) is -0.504. The summed E-state index contributed by atoms with van der Waals surface area (Å²) in [5, 5.41) is 4.19. The third-order valence-corrected chi connectivity index (χ3v) is 7.81. The second-order valence-corrected chi connectivity index (χ2v) is 10.2. The van der Waals surface area contributed by atoms with Crippen LogP contribution in [0, 0.1) is 5.82 Å². The maximum Gasteiger partial charge on any atom is 0.240 e. The lowest BCUT2D eigenvalue weighted by molar-refractivity contribution is -0.126. The number of amides is 1. The summed E-state index contributed by atoms with van der Waals surface area (Å²) >= 11 is 0. The Kier molecular flexibility index (Phi) is 7.11. The van der Waals surface area contributed by atoms with E-state index in [4.69, 9.17) is 0 Å². The molecule has 1 aliphatic rings. The van der Waals surface area contributed by atoms with E-state index in [0.717, 1.165) is 24.1 Å². The lowest BCUT2D eigenvalue weighted by Gasteiger charge is -2.35. The van der Waals surface area contributed by atoms with Gasteiger partial charge >= 0.3 is 0 Å². The summed E-state index contributed by atoms with van der Waals surface area (Å²) in [7, 11) is -3.70. The maximum atomic E-state index is 13.1. The van der Waals surface area contributed by atoms with Gasteiger partial charge in [0.15, 0.2) is 0 Å². The lowest BCUT2D eigenvalue weighted by atomic mass is 10.0. The molecular formula is C24H29FN4O3S. The molecule has 176 valence electrons. The first-order valence-electron chi connectivity index (χ1n) is 11.2. The minimum absolute atomic E-state index is 0.0276. The van der Waals surface area contributed by atoms with E-state index in [-0.39, 0.29) is 22.9 Å². The van der Waals surface area contributed by atoms with Gasteiger partial charge in [-0.1, -0.05) is 18.2 Å². The third kappa shape index (κ3) is 5.61. The van der Waals surface area contributed by atoms with Crippen molar-refractivity contribution in [1.29, 1.82) is 0 Å². The molecule has 4 rings (SSSR count). The number of sulfonamides is 1. The molecule has 1 aliphatic heterocycles. The minimum atomic E-state index is -3.70. The van der Waals surface area contributed by atoms with E-state index in [1.54, 1.807) is 0 Å². The number of hydrogen-bond acceptors (Lipinski definition) is 4. The monoisotopic (exact) mass is 472 g/mol. The molecule has 0 aliphatic carbocycles. The van der Waals surface area contributed by atoms with Crippen LogP contribution in [0.15, 0.2) is 59.6 Å². The Hall–Kier alpha value is -2.75. The molecule has 1 amide bonds. The Bertz CT molecular complexity index is 1200. The van der Waals surface area contributed by atoms with Crippen molar-refractivity contribution in [3.05, 3.63) is 66.1 Å². The van der Waals surface area contributed by atoms with E-state index in [1.807, 2.05) is 31.3 Å². The first kappa shape index (κ1) is 23.4. The Labute approximate surface area is 193 Å². The second-order valence-electron chi connectivity index (χ2n) is 8.46. The summed E-state index contributed by atoms with van der Waals surface area (Å²) in [6.07, 6.45) is 3.94. The van der Waals surface area contributed by atoms with Crippen LogP contribution in [0.25, 0.3) is 10.9 Å². The van der Waals surface area contributed by atoms with Gasteiger partial charge in [0.05, 0.1) is 10.9 Å². The van der Waals surface area contributed by atoms with Gasteiger partial charge in [-0.15, -0.1) is 0 Å². The summed E-state index contributed by atoms with van der Waals surface area (Å²) in [6.45, 7) is 3.67. The van der Waals surface area contributed by atoms with E-state index >= 15 is 0 Å². The summed E-state index contributed by atoms with van der Waals surface area (Å²) in [4.78, 5) is 18.0. The van der Waals surface area contributed by atoms with E-state index in [2.05, 4.69) is 26.0 Å². The first-order valence-corrected chi connectivity index (χ1v) is 12.7. The summed E-state index contributed by atoms with van der Waals surface area (Å²) < 4.78 is 40.8. The van der Waals surface area contributed by atoms with Gasteiger partial charge in [-0.25, -0.2) is 17.5 Å². The highest BCUT2D eigenvalue weighted by molar-refractivity contribution is 7.89. The molecule has 1 saturated heterocycles. The van der Waals surface area contributed by atoms with Gasteiger partial charge in [-0.2, -0.15) is 0 Å². The first-order chi connectivity index (χ1) is 15.8. The van der Waals surface area contributed by atoms with Gasteiger partial charge in [-0.3, -0.25) is 9.69 Å². The molecule has 7 nitrogen and oxygen atoms in total. The highest BCUT2D eigenvalue weighted by atomic mass is 32.2. The van der Waals surface area contributed by atoms with Crippen LogP contribution in [0.3, 0.4) is 0 Å². The minimum Gasteiger partial charge on any atom is -0.361 e. The second kappa shape index (κ2) is 10.0. The molecular weight excluding hydrogens is 443 g/mol. The fourth-order valence-corrected chi connectivity index (χ4v) is 5.58. The molecule has 33 heavy (non-hydrogen) atoms. The molecule has 2 heterocycles. The Morgan fingerprint density at radius 1 is 1.15 bits per heavy atom. The molecule has 2 aromatic carbocycles. The van der Waals surface area contributed by atoms with Crippen molar-refractivity contribution in [2.75, 3.05) is 19.6 Å². The number of piperidine rings is 1. The number of benzene rings is 2. The van der Waals surface area contributed by atoms with Crippen LogP contribution < -0.4 is 10.0 Å². The van der Waals surface area contributed by atoms with Crippen LogP contribution in [0.1, 0.15) is 25.3 Å². The predicted octanol–water partition coefficient (Wildman–Crippen LogP) is 2.80. The lowest BCUT2D eigenvalue weighted by Crippen LogP contribution is -2.51. The van der Waals surface area contributed by atoms with Crippen LogP contribution in [0.2, 0.25) is 0 Å². The summed E-state index contributed by atoms with van der Waals surface area (Å²) in [5.41, 5.74) is 2.26. The average Bonchev–Trinajstić information content (AvgIpc) is 3.22. The van der Waals surface area contributed by atoms with E-state index < -0.39 is 15.8 Å². The van der Waals surface area contributed by atoms with Gasteiger partial charge in [-0.05, 0) is 62.1 Å². The number of H-pyrrole nitrogens is 1. The molecule has 1 unspecified atom stereocenters. The van der Waals surface area contributed by atoms with Crippen LogP contribution in [0.4, 0.5) is 4.39 Å². The average molecular weight is 473 g/mol. The Morgan fingerprint density at radius 3 is 2.58 bits per heavy atom. The van der Waals surface area contributed by atoms with Crippen molar-refractivity contribution in [2.24, 2.45) is 0 Å². The number of aromatic amines is 1. The van der Waals surface area contributed by atoms with Gasteiger partial charge < -0.3 is 10.3 Å². The molecule has 1 atom stereocenters. The zero-order valence-electron chi connectivity index (χ0n) is 18.6. The van der Waals surface area contributed by atoms with Gasteiger partial charge in [0.2, 0.25) is 15.9 Å². The maximum absolute atomic E-state index is 13.1. The molecule has 1 aromatic heterocycles. The number of carbonyl (C=O) groups is 1. The van der Waals surface area contributed by atoms with Gasteiger partial charge in [0.1, 0.15) is 5.82 Å². The molecule has 3 N–H and O–H groups in total. The van der Waals surface area contributed by atoms with Crippen molar-refractivity contribution in [1.82, 2.24) is 19.9 Å². The number of para-hydroxylation sites is 1. The molecule has 1 fully saturated rings. The fraction of sp³-hybridized carbons (Fsp3) is 0.375. The number of nitrogens with one attached hydrogen (secondary N) is 3. The van der Waals surface area contributed by atoms with Crippen LogP contribution in [0.5, 0.6) is 0 Å². The third-order valence-electron chi connectivity index (χ3n) is 6.27. The number of rotatable bonds is 8. The largest absolute Gasteiger partial charge is 0.361 e. The molecule has 0 bridgehead atoms.